The fourth-order valence-corrected chi connectivity index (χ4v) is 3.49. The van der Waals surface area contributed by atoms with Crippen molar-refractivity contribution in [3.63, 3.8) is 0 Å². The van der Waals surface area contributed by atoms with E-state index in [4.69, 9.17) is 11.6 Å². The maximum atomic E-state index is 13.2. The first-order chi connectivity index (χ1) is 12.9. The van der Waals surface area contributed by atoms with Crippen LogP contribution in [0.15, 0.2) is 41.3 Å². The van der Waals surface area contributed by atoms with Crippen LogP contribution < -0.4 is 10.0 Å². The number of benzene rings is 2. The summed E-state index contributed by atoms with van der Waals surface area (Å²) in [6, 6.07) is 5.98. The van der Waals surface area contributed by atoms with Crippen molar-refractivity contribution >= 4 is 33.2 Å². The summed E-state index contributed by atoms with van der Waals surface area (Å²) in [4.78, 5) is 11.3. The second kappa shape index (κ2) is 8.46. The van der Waals surface area contributed by atoms with Gasteiger partial charge in [0.2, 0.25) is 15.9 Å². The van der Waals surface area contributed by atoms with E-state index < -0.39 is 43.4 Å². The van der Waals surface area contributed by atoms with Crippen LogP contribution in [0.2, 0.25) is 5.02 Å². The zero-order valence-electron chi connectivity index (χ0n) is 14.4. The fraction of sp³-hybridized carbons (Fsp3) is 0.235. The van der Waals surface area contributed by atoms with Gasteiger partial charge in [-0.3, -0.25) is 4.79 Å². The Morgan fingerprint density at radius 1 is 1.14 bits per heavy atom. The Balaban J connectivity index is 2.02. The number of hydrogen-bond acceptors (Lipinski definition) is 3. The van der Waals surface area contributed by atoms with Crippen LogP contribution in [0.5, 0.6) is 0 Å². The average Bonchev–Trinajstić information content (AvgIpc) is 2.57. The summed E-state index contributed by atoms with van der Waals surface area (Å²) >= 11 is 5.46. The largest absolute Gasteiger partial charge is 0.417 e. The predicted molar refractivity (Wildman–Crippen MR) is 96.0 cm³/mol. The molecule has 0 aromatic heterocycles. The molecule has 28 heavy (non-hydrogen) atoms. The molecule has 0 heterocycles. The molecule has 2 aromatic carbocycles. The highest BCUT2D eigenvalue weighted by Crippen LogP contribution is 2.35. The van der Waals surface area contributed by atoms with Crippen molar-refractivity contribution in [2.75, 3.05) is 11.9 Å². The third kappa shape index (κ3) is 5.66. The van der Waals surface area contributed by atoms with Crippen molar-refractivity contribution in [3.8, 4) is 0 Å². The lowest BCUT2D eigenvalue weighted by atomic mass is 10.2. The van der Waals surface area contributed by atoms with Crippen molar-refractivity contribution in [1.29, 1.82) is 0 Å². The standard InChI is InChI=1S/C17H15ClF4N2O3S/c1-10-2-3-11(19)8-15(10)24-16(25)6-7-23-28(26,27)12-4-5-14(18)13(9-12)17(20,21)22/h2-5,8-9,23H,6-7H2,1H3,(H,24,25). The Morgan fingerprint density at radius 2 is 1.82 bits per heavy atom. The Bertz CT molecular complexity index is 994. The van der Waals surface area contributed by atoms with Crippen molar-refractivity contribution in [2.24, 2.45) is 0 Å². The van der Waals surface area contributed by atoms with E-state index in [0.717, 1.165) is 18.2 Å². The Morgan fingerprint density at radius 3 is 2.46 bits per heavy atom. The molecule has 11 heteroatoms. The van der Waals surface area contributed by atoms with Crippen LogP contribution in [0, 0.1) is 12.7 Å². The summed E-state index contributed by atoms with van der Waals surface area (Å²) in [6.07, 6.45) is -5.12. The summed E-state index contributed by atoms with van der Waals surface area (Å²) in [6.45, 7) is 1.28. The topological polar surface area (TPSA) is 75.3 Å². The number of hydrogen-bond donors (Lipinski definition) is 2. The first-order valence-electron chi connectivity index (χ1n) is 7.82. The lowest BCUT2D eigenvalue weighted by Gasteiger charge is -2.12. The average molecular weight is 439 g/mol. The van der Waals surface area contributed by atoms with Crippen molar-refractivity contribution < 1.29 is 30.8 Å². The molecular weight excluding hydrogens is 424 g/mol. The highest BCUT2D eigenvalue weighted by molar-refractivity contribution is 7.89. The normalized spacial score (nSPS) is 12.1. The number of rotatable bonds is 6. The van der Waals surface area contributed by atoms with Crippen LogP contribution in [0.4, 0.5) is 23.2 Å². The highest BCUT2D eigenvalue weighted by atomic mass is 35.5. The first kappa shape index (κ1) is 22.1. The van der Waals surface area contributed by atoms with Gasteiger partial charge in [0.1, 0.15) is 5.82 Å². The van der Waals surface area contributed by atoms with Gasteiger partial charge in [-0.25, -0.2) is 17.5 Å². The van der Waals surface area contributed by atoms with Gasteiger partial charge >= 0.3 is 6.18 Å². The fourth-order valence-electron chi connectivity index (χ4n) is 2.21. The first-order valence-corrected chi connectivity index (χ1v) is 9.68. The SMILES string of the molecule is Cc1ccc(F)cc1NC(=O)CCNS(=O)(=O)c1ccc(Cl)c(C(F)(F)F)c1. The molecule has 0 aliphatic carbocycles. The summed E-state index contributed by atoms with van der Waals surface area (Å²) in [7, 11) is -4.29. The summed E-state index contributed by atoms with van der Waals surface area (Å²) in [5.41, 5.74) is -0.437. The van der Waals surface area contributed by atoms with Crippen LogP contribution in [0.1, 0.15) is 17.5 Å². The lowest BCUT2D eigenvalue weighted by Crippen LogP contribution is -2.28. The van der Waals surface area contributed by atoms with Gasteiger partial charge in [-0.15, -0.1) is 0 Å². The molecule has 0 aliphatic rings. The molecule has 0 unspecified atom stereocenters. The number of alkyl halides is 3. The van der Waals surface area contributed by atoms with E-state index in [2.05, 4.69) is 5.32 Å². The molecular formula is C17H15ClF4N2O3S. The van der Waals surface area contributed by atoms with Crippen LogP contribution in [0.25, 0.3) is 0 Å². The maximum Gasteiger partial charge on any atom is 0.417 e. The molecule has 0 saturated carbocycles. The van der Waals surface area contributed by atoms with Crippen molar-refractivity contribution in [2.45, 2.75) is 24.4 Å². The maximum absolute atomic E-state index is 13.2. The van der Waals surface area contributed by atoms with Crippen LogP contribution >= 0.6 is 11.6 Å². The second-order valence-corrected chi connectivity index (χ2v) is 7.97. The van der Waals surface area contributed by atoms with Gasteiger partial charge in [0, 0.05) is 18.7 Å². The van der Waals surface area contributed by atoms with E-state index in [-0.39, 0.29) is 18.7 Å². The number of aryl methyl sites for hydroxylation is 1. The van der Waals surface area contributed by atoms with Crippen LogP contribution in [-0.4, -0.2) is 20.9 Å². The molecule has 5 nitrogen and oxygen atoms in total. The van der Waals surface area contributed by atoms with Gasteiger partial charge in [0.05, 0.1) is 15.5 Å². The number of carbonyl (C=O) groups is 1. The molecule has 2 rings (SSSR count). The van der Waals surface area contributed by atoms with E-state index in [1.54, 1.807) is 6.92 Å². The van der Waals surface area contributed by atoms with Crippen LogP contribution in [-0.2, 0) is 21.0 Å². The van der Waals surface area contributed by atoms with Gasteiger partial charge in [0.25, 0.3) is 0 Å². The molecule has 1 amide bonds. The molecule has 0 saturated heterocycles. The highest BCUT2D eigenvalue weighted by Gasteiger charge is 2.34. The molecule has 0 radical (unpaired) electrons. The summed E-state index contributed by atoms with van der Waals surface area (Å²) in [5, 5.41) is 1.81. The number of nitrogens with one attached hydrogen (secondary N) is 2. The molecule has 152 valence electrons. The Hall–Kier alpha value is -2.17. The van der Waals surface area contributed by atoms with Gasteiger partial charge in [-0.05, 0) is 42.8 Å². The molecule has 2 N–H and O–H groups in total. The third-order valence-electron chi connectivity index (χ3n) is 3.67. The van der Waals surface area contributed by atoms with E-state index in [0.29, 0.717) is 11.6 Å². The molecule has 0 atom stereocenters. The van der Waals surface area contributed by atoms with Gasteiger partial charge in [0.15, 0.2) is 0 Å². The number of sulfonamides is 1. The molecule has 0 bridgehead atoms. The van der Waals surface area contributed by atoms with E-state index in [9.17, 15) is 30.8 Å². The predicted octanol–water partition coefficient (Wildman–Crippen LogP) is 4.11. The minimum atomic E-state index is -4.81. The van der Waals surface area contributed by atoms with Crippen molar-refractivity contribution in [3.05, 3.63) is 58.4 Å². The number of anilines is 1. The smallest absolute Gasteiger partial charge is 0.326 e. The number of amides is 1. The molecule has 0 fully saturated rings. The summed E-state index contributed by atoms with van der Waals surface area (Å²) in [5.74, 6) is -1.15. The third-order valence-corrected chi connectivity index (χ3v) is 5.46. The molecule has 0 spiro atoms. The van der Waals surface area contributed by atoms with Gasteiger partial charge in [-0.2, -0.15) is 13.2 Å². The van der Waals surface area contributed by atoms with E-state index in [1.165, 1.54) is 12.1 Å². The quantitative estimate of drug-likeness (QED) is 0.666. The van der Waals surface area contributed by atoms with E-state index in [1.807, 2.05) is 4.72 Å². The van der Waals surface area contributed by atoms with Gasteiger partial charge < -0.3 is 5.32 Å². The number of carbonyl (C=O) groups excluding carboxylic acids is 1. The minimum Gasteiger partial charge on any atom is -0.326 e. The summed E-state index contributed by atoms with van der Waals surface area (Å²) < 4.78 is 78.2. The van der Waals surface area contributed by atoms with E-state index >= 15 is 0 Å². The van der Waals surface area contributed by atoms with Crippen LogP contribution in [0.3, 0.4) is 0 Å². The lowest BCUT2D eigenvalue weighted by molar-refractivity contribution is -0.137. The monoisotopic (exact) mass is 438 g/mol. The molecule has 0 aliphatic heterocycles. The zero-order chi connectivity index (χ0) is 21.1. The Kier molecular flexibility index (Phi) is 6.68. The zero-order valence-corrected chi connectivity index (χ0v) is 16.0. The second-order valence-electron chi connectivity index (χ2n) is 5.79. The Labute approximate surface area is 163 Å². The van der Waals surface area contributed by atoms with Crippen molar-refractivity contribution in [1.82, 2.24) is 4.72 Å². The number of halogens is 5. The van der Waals surface area contributed by atoms with Gasteiger partial charge in [-0.1, -0.05) is 17.7 Å². The minimum absolute atomic E-state index is 0.236. The molecule has 2 aromatic rings.